The lowest BCUT2D eigenvalue weighted by Gasteiger charge is -2.10. The van der Waals surface area contributed by atoms with E-state index >= 15 is 0 Å². The number of nitrogens with two attached hydrogens (primary N) is 1. The quantitative estimate of drug-likeness (QED) is 0.391. The Labute approximate surface area is 155 Å². The molecule has 26 heavy (non-hydrogen) atoms. The maximum Gasteiger partial charge on any atom is 0.303 e. The molecule has 8 nitrogen and oxygen atoms in total. The molecule has 0 spiro atoms. The summed E-state index contributed by atoms with van der Waals surface area (Å²) in [5.41, 5.74) is 4.97. The Morgan fingerprint density at radius 1 is 1.15 bits per heavy atom. The van der Waals surface area contributed by atoms with Gasteiger partial charge < -0.3 is 31.7 Å². The van der Waals surface area contributed by atoms with Crippen molar-refractivity contribution in [3.8, 4) is 0 Å². The SMILES string of the molecule is CCO.NCCNC(=S)Nc1c(F)cccc1F.O=C(O)CCC(=O)O. The van der Waals surface area contributed by atoms with Crippen molar-refractivity contribution in [1.82, 2.24) is 5.32 Å². The molecule has 0 radical (unpaired) electrons. The molecule has 11 heteroatoms. The first-order valence-corrected chi connectivity index (χ1v) is 7.83. The summed E-state index contributed by atoms with van der Waals surface area (Å²) >= 11 is 4.81. The lowest BCUT2D eigenvalue weighted by atomic mass is 10.3. The largest absolute Gasteiger partial charge is 0.481 e. The highest BCUT2D eigenvalue weighted by Crippen LogP contribution is 2.17. The van der Waals surface area contributed by atoms with E-state index in [1.807, 2.05) is 0 Å². The zero-order valence-corrected chi connectivity index (χ0v) is 15.0. The highest BCUT2D eigenvalue weighted by atomic mass is 32.1. The molecular weight excluding hydrogens is 372 g/mol. The molecule has 0 saturated carbocycles. The highest BCUT2D eigenvalue weighted by Gasteiger charge is 2.08. The minimum atomic E-state index is -1.08. The molecule has 1 aromatic carbocycles. The van der Waals surface area contributed by atoms with E-state index in [-0.39, 0.29) is 30.2 Å². The number of anilines is 1. The van der Waals surface area contributed by atoms with Crippen LogP contribution in [-0.2, 0) is 9.59 Å². The summed E-state index contributed by atoms with van der Waals surface area (Å²) in [6.07, 6.45) is -0.593. The number of aliphatic hydroxyl groups is 1. The number of benzene rings is 1. The number of aliphatic carboxylic acids is 2. The van der Waals surface area contributed by atoms with Gasteiger partial charge in [0.1, 0.15) is 17.3 Å². The Hall–Kier alpha value is -2.37. The summed E-state index contributed by atoms with van der Waals surface area (Å²) in [6, 6.07) is 3.58. The first-order chi connectivity index (χ1) is 12.2. The van der Waals surface area contributed by atoms with E-state index in [0.29, 0.717) is 13.1 Å². The molecule has 148 valence electrons. The normalized spacial score (nSPS) is 8.96. The molecule has 0 aliphatic carbocycles. The molecule has 1 rings (SSSR count). The number of carbonyl (C=O) groups is 2. The number of hydrogen-bond donors (Lipinski definition) is 6. The van der Waals surface area contributed by atoms with Crippen LogP contribution in [0.3, 0.4) is 0 Å². The second-order valence-corrected chi connectivity index (χ2v) is 4.78. The zero-order chi connectivity index (χ0) is 20.5. The fourth-order valence-corrected chi connectivity index (χ4v) is 1.38. The molecule has 1 aromatic rings. The summed E-state index contributed by atoms with van der Waals surface area (Å²) in [4.78, 5) is 19.3. The molecule has 0 saturated heterocycles. The topological polar surface area (TPSA) is 145 Å². The van der Waals surface area contributed by atoms with Crippen LogP contribution in [0.25, 0.3) is 0 Å². The predicted octanol–water partition coefficient (Wildman–Crippen LogP) is 1.14. The molecule has 7 N–H and O–H groups in total. The molecule has 0 heterocycles. The van der Waals surface area contributed by atoms with Crippen LogP contribution in [0, 0.1) is 11.6 Å². The van der Waals surface area contributed by atoms with E-state index in [0.717, 1.165) is 12.1 Å². The van der Waals surface area contributed by atoms with Crippen molar-refractivity contribution in [2.24, 2.45) is 5.73 Å². The molecule has 0 amide bonds. The van der Waals surface area contributed by atoms with Gasteiger partial charge in [0.15, 0.2) is 5.11 Å². The van der Waals surface area contributed by atoms with Gasteiger partial charge in [-0.15, -0.1) is 0 Å². The molecule has 0 atom stereocenters. The Morgan fingerprint density at radius 2 is 1.58 bits per heavy atom. The van der Waals surface area contributed by atoms with Crippen LogP contribution in [0.15, 0.2) is 18.2 Å². The lowest BCUT2D eigenvalue weighted by Crippen LogP contribution is -2.33. The van der Waals surface area contributed by atoms with Gasteiger partial charge >= 0.3 is 11.9 Å². The number of aliphatic hydroxyl groups excluding tert-OH is 1. The first-order valence-electron chi connectivity index (χ1n) is 7.42. The lowest BCUT2D eigenvalue weighted by molar-refractivity contribution is -0.143. The van der Waals surface area contributed by atoms with Gasteiger partial charge in [-0.05, 0) is 31.3 Å². The van der Waals surface area contributed by atoms with Gasteiger partial charge in [-0.2, -0.15) is 0 Å². The van der Waals surface area contributed by atoms with Crippen molar-refractivity contribution >= 4 is 35.0 Å². The van der Waals surface area contributed by atoms with E-state index in [4.69, 9.17) is 33.3 Å². The van der Waals surface area contributed by atoms with E-state index in [2.05, 4.69) is 10.6 Å². The Morgan fingerprint density at radius 3 is 1.92 bits per heavy atom. The highest BCUT2D eigenvalue weighted by molar-refractivity contribution is 7.80. The van der Waals surface area contributed by atoms with Gasteiger partial charge in [-0.3, -0.25) is 9.59 Å². The number of carboxylic acid groups (broad SMARTS) is 2. The molecule has 0 bridgehead atoms. The fourth-order valence-electron chi connectivity index (χ4n) is 1.17. The second-order valence-electron chi connectivity index (χ2n) is 4.37. The monoisotopic (exact) mass is 395 g/mol. The van der Waals surface area contributed by atoms with Crippen LogP contribution in [0.1, 0.15) is 19.8 Å². The van der Waals surface area contributed by atoms with Gasteiger partial charge in [0, 0.05) is 19.7 Å². The minimum Gasteiger partial charge on any atom is -0.481 e. The molecule has 0 unspecified atom stereocenters. The van der Waals surface area contributed by atoms with Crippen molar-refractivity contribution in [2.45, 2.75) is 19.8 Å². The average Bonchev–Trinajstić information content (AvgIpc) is 2.56. The van der Waals surface area contributed by atoms with Gasteiger partial charge in [0.2, 0.25) is 0 Å². The van der Waals surface area contributed by atoms with Gasteiger partial charge in [-0.25, -0.2) is 8.78 Å². The van der Waals surface area contributed by atoms with Gasteiger partial charge in [0.25, 0.3) is 0 Å². The second kappa shape index (κ2) is 16.1. The Balaban J connectivity index is 0. The van der Waals surface area contributed by atoms with Crippen molar-refractivity contribution < 1.29 is 33.7 Å². The zero-order valence-electron chi connectivity index (χ0n) is 14.2. The maximum absolute atomic E-state index is 13.1. The van der Waals surface area contributed by atoms with E-state index in [1.165, 1.54) is 6.07 Å². The molecule has 0 fully saturated rings. The first kappa shape index (κ1) is 25.9. The van der Waals surface area contributed by atoms with Crippen LogP contribution >= 0.6 is 12.2 Å². The molecule has 0 aliphatic rings. The molecular formula is C15H23F2N3O5S. The average molecular weight is 395 g/mol. The molecule has 0 aromatic heterocycles. The number of hydrogen-bond acceptors (Lipinski definition) is 5. The summed E-state index contributed by atoms with van der Waals surface area (Å²) < 4.78 is 26.2. The summed E-state index contributed by atoms with van der Waals surface area (Å²) in [6.45, 7) is 2.77. The number of carboxylic acids is 2. The van der Waals surface area contributed by atoms with E-state index in [9.17, 15) is 18.4 Å². The van der Waals surface area contributed by atoms with Crippen molar-refractivity contribution in [1.29, 1.82) is 0 Å². The van der Waals surface area contributed by atoms with Crippen LogP contribution in [0.2, 0.25) is 0 Å². The summed E-state index contributed by atoms with van der Waals surface area (Å²) in [5.74, 6) is -3.53. The minimum absolute atomic E-state index is 0.143. The van der Waals surface area contributed by atoms with Gasteiger partial charge in [-0.1, -0.05) is 6.07 Å². The summed E-state index contributed by atoms with van der Waals surface area (Å²) in [7, 11) is 0. The van der Waals surface area contributed by atoms with Gasteiger partial charge in [0.05, 0.1) is 12.8 Å². The predicted molar refractivity (Wildman–Crippen MR) is 96.9 cm³/mol. The summed E-state index contributed by atoms with van der Waals surface area (Å²) in [5, 5.41) is 28.6. The fraction of sp³-hybridized carbons (Fsp3) is 0.400. The smallest absolute Gasteiger partial charge is 0.303 e. The molecule has 0 aliphatic heterocycles. The maximum atomic E-state index is 13.1. The number of nitrogens with one attached hydrogen (secondary N) is 2. The standard InChI is InChI=1S/C9H11F2N3S.C4H6O4.C2H6O/c10-6-2-1-3-7(11)8(6)14-9(15)13-5-4-12;5-3(6)1-2-4(7)8;1-2-3/h1-3H,4-5,12H2,(H2,13,14,15);1-2H2,(H,5,6)(H,7,8);3H,2H2,1H3. The van der Waals surface area contributed by atoms with Crippen LogP contribution in [0.5, 0.6) is 0 Å². The van der Waals surface area contributed by atoms with Crippen molar-refractivity contribution in [2.75, 3.05) is 25.0 Å². The third-order valence-corrected chi connectivity index (χ3v) is 2.43. The Bertz CT molecular complexity index is 542. The number of thiocarbonyl (C=S) groups is 1. The van der Waals surface area contributed by atoms with Crippen molar-refractivity contribution in [3.05, 3.63) is 29.8 Å². The third kappa shape index (κ3) is 15.2. The number of para-hydroxylation sites is 1. The van der Waals surface area contributed by atoms with E-state index in [1.54, 1.807) is 6.92 Å². The number of rotatable bonds is 6. The third-order valence-electron chi connectivity index (χ3n) is 2.18. The van der Waals surface area contributed by atoms with Crippen LogP contribution in [0.4, 0.5) is 14.5 Å². The van der Waals surface area contributed by atoms with Crippen LogP contribution < -0.4 is 16.4 Å². The van der Waals surface area contributed by atoms with Crippen molar-refractivity contribution in [3.63, 3.8) is 0 Å². The van der Waals surface area contributed by atoms with Crippen LogP contribution in [-0.4, -0.2) is 52.1 Å². The van der Waals surface area contributed by atoms with E-state index < -0.39 is 23.6 Å². The number of halogens is 2. The Kier molecular flexibility index (Phi) is 16.0.